The van der Waals surface area contributed by atoms with Crippen LogP contribution in [0.3, 0.4) is 0 Å². The van der Waals surface area contributed by atoms with Crippen LogP contribution in [-0.4, -0.2) is 57.2 Å². The SMILES string of the molecule is CCCC(CCC)CCC(NC(=O)c1cccnc1)C(=O)N[C@@H](Cc1ccccc1)[C@@H](O)[C@H](O)[C@@H](C)C(=O)NCc1ccccc1. The number of hydrogen-bond acceptors (Lipinski definition) is 6. The van der Waals surface area contributed by atoms with Crippen LogP contribution in [0.5, 0.6) is 0 Å². The van der Waals surface area contributed by atoms with Crippen LogP contribution in [-0.2, 0) is 22.6 Å². The number of hydrogen-bond donors (Lipinski definition) is 5. The van der Waals surface area contributed by atoms with Crippen LogP contribution in [0.2, 0.25) is 0 Å². The van der Waals surface area contributed by atoms with E-state index in [-0.39, 0.29) is 13.0 Å². The first-order chi connectivity index (χ1) is 22.2. The molecule has 2 aromatic carbocycles. The van der Waals surface area contributed by atoms with Crippen LogP contribution in [0.4, 0.5) is 0 Å². The highest BCUT2D eigenvalue weighted by molar-refractivity contribution is 5.97. The molecule has 0 spiro atoms. The Labute approximate surface area is 273 Å². The van der Waals surface area contributed by atoms with Crippen molar-refractivity contribution in [3.05, 3.63) is 102 Å². The van der Waals surface area contributed by atoms with Crippen molar-refractivity contribution in [2.24, 2.45) is 11.8 Å². The van der Waals surface area contributed by atoms with E-state index in [2.05, 4.69) is 34.8 Å². The summed E-state index contributed by atoms with van der Waals surface area (Å²) in [5.74, 6) is -1.83. The molecule has 1 unspecified atom stereocenters. The van der Waals surface area contributed by atoms with Crippen LogP contribution >= 0.6 is 0 Å². The van der Waals surface area contributed by atoms with E-state index in [1.165, 1.54) is 6.20 Å². The summed E-state index contributed by atoms with van der Waals surface area (Å²) in [4.78, 5) is 44.0. The van der Waals surface area contributed by atoms with Crippen LogP contribution in [0.15, 0.2) is 85.2 Å². The molecule has 1 heterocycles. The van der Waals surface area contributed by atoms with Crippen molar-refractivity contribution < 1.29 is 24.6 Å². The highest BCUT2D eigenvalue weighted by atomic mass is 16.3. The van der Waals surface area contributed by atoms with Gasteiger partial charge in [-0.15, -0.1) is 0 Å². The Kier molecular flexibility index (Phi) is 15.4. The van der Waals surface area contributed by atoms with E-state index in [9.17, 15) is 24.6 Å². The lowest BCUT2D eigenvalue weighted by Gasteiger charge is -2.32. The van der Waals surface area contributed by atoms with Crippen molar-refractivity contribution in [2.45, 2.75) is 96.6 Å². The predicted octanol–water partition coefficient (Wildman–Crippen LogP) is 4.58. The fourth-order valence-corrected chi connectivity index (χ4v) is 5.70. The normalized spacial score (nSPS) is 14.5. The minimum absolute atomic E-state index is 0.209. The average Bonchev–Trinajstić information content (AvgIpc) is 3.08. The minimum Gasteiger partial charge on any atom is -0.390 e. The Balaban J connectivity index is 1.79. The first-order valence-electron chi connectivity index (χ1n) is 16.5. The van der Waals surface area contributed by atoms with Gasteiger partial charge in [0.2, 0.25) is 11.8 Å². The van der Waals surface area contributed by atoms with Crippen molar-refractivity contribution in [3.63, 3.8) is 0 Å². The quantitative estimate of drug-likeness (QED) is 0.131. The number of nitrogens with one attached hydrogen (secondary N) is 3. The molecule has 3 rings (SSSR count). The van der Waals surface area contributed by atoms with Gasteiger partial charge in [-0.25, -0.2) is 0 Å². The van der Waals surface area contributed by atoms with Gasteiger partial charge in [0.25, 0.3) is 5.91 Å². The molecule has 0 radical (unpaired) electrons. The number of carbonyl (C=O) groups is 3. The summed E-state index contributed by atoms with van der Waals surface area (Å²) in [6, 6.07) is 20.2. The smallest absolute Gasteiger partial charge is 0.253 e. The van der Waals surface area contributed by atoms with Crippen molar-refractivity contribution in [1.29, 1.82) is 0 Å². The average molecular weight is 631 g/mol. The molecule has 5 N–H and O–H groups in total. The summed E-state index contributed by atoms with van der Waals surface area (Å²) >= 11 is 0. The molecule has 9 nitrogen and oxygen atoms in total. The molecule has 3 aromatic rings. The van der Waals surface area contributed by atoms with Gasteiger partial charge in [0, 0.05) is 18.9 Å². The second-order valence-corrected chi connectivity index (χ2v) is 12.1. The summed E-state index contributed by atoms with van der Waals surface area (Å²) < 4.78 is 0. The molecule has 9 heteroatoms. The van der Waals surface area contributed by atoms with Gasteiger partial charge in [0.05, 0.1) is 23.6 Å². The number of pyridine rings is 1. The Hall–Kier alpha value is -4.08. The maximum absolute atomic E-state index is 13.9. The van der Waals surface area contributed by atoms with Gasteiger partial charge in [0.1, 0.15) is 12.1 Å². The molecule has 1 aromatic heterocycles. The van der Waals surface area contributed by atoms with E-state index in [1.54, 1.807) is 25.3 Å². The van der Waals surface area contributed by atoms with Crippen LogP contribution in [0.25, 0.3) is 0 Å². The number of carbonyl (C=O) groups excluding carboxylic acids is 3. The minimum atomic E-state index is -1.47. The van der Waals surface area contributed by atoms with Crippen LogP contribution < -0.4 is 16.0 Å². The van der Waals surface area contributed by atoms with Gasteiger partial charge >= 0.3 is 0 Å². The van der Waals surface area contributed by atoms with E-state index in [1.807, 2.05) is 60.7 Å². The third kappa shape index (κ3) is 11.7. The number of nitrogens with zero attached hydrogens (tertiary/aromatic N) is 1. The first-order valence-corrected chi connectivity index (χ1v) is 16.5. The molecule has 3 amide bonds. The van der Waals surface area contributed by atoms with Crippen LogP contribution in [0, 0.1) is 11.8 Å². The highest BCUT2D eigenvalue weighted by Gasteiger charge is 2.36. The molecule has 0 saturated carbocycles. The lowest BCUT2D eigenvalue weighted by atomic mass is 9.89. The van der Waals surface area contributed by atoms with E-state index in [4.69, 9.17) is 0 Å². The Morgan fingerprint density at radius 2 is 1.37 bits per heavy atom. The van der Waals surface area contributed by atoms with Crippen molar-refractivity contribution in [3.8, 4) is 0 Å². The Morgan fingerprint density at radius 1 is 0.739 bits per heavy atom. The van der Waals surface area contributed by atoms with E-state index in [0.29, 0.717) is 17.9 Å². The molecular weight excluding hydrogens is 580 g/mol. The lowest BCUT2D eigenvalue weighted by molar-refractivity contribution is -0.133. The zero-order valence-corrected chi connectivity index (χ0v) is 27.3. The second kappa shape index (κ2) is 19.4. The molecular formula is C37H50N4O5. The Morgan fingerprint density at radius 3 is 1.96 bits per heavy atom. The van der Waals surface area contributed by atoms with Gasteiger partial charge in [-0.2, -0.15) is 0 Å². The molecule has 0 aliphatic carbocycles. The van der Waals surface area contributed by atoms with E-state index < -0.39 is 47.9 Å². The molecule has 0 aliphatic heterocycles. The molecule has 0 saturated heterocycles. The fourth-order valence-electron chi connectivity index (χ4n) is 5.70. The molecule has 5 atom stereocenters. The number of aliphatic hydroxyl groups excluding tert-OH is 2. The highest BCUT2D eigenvalue weighted by Crippen LogP contribution is 2.21. The van der Waals surface area contributed by atoms with Gasteiger partial charge in [-0.1, -0.05) is 107 Å². The maximum atomic E-state index is 13.9. The van der Waals surface area contributed by atoms with Crippen molar-refractivity contribution in [1.82, 2.24) is 20.9 Å². The van der Waals surface area contributed by atoms with Crippen LogP contribution in [0.1, 0.15) is 80.8 Å². The van der Waals surface area contributed by atoms with E-state index >= 15 is 0 Å². The zero-order valence-electron chi connectivity index (χ0n) is 27.3. The number of aromatic nitrogens is 1. The van der Waals surface area contributed by atoms with Gasteiger partial charge in [-0.3, -0.25) is 19.4 Å². The number of aliphatic hydroxyl groups is 2. The third-order valence-electron chi connectivity index (χ3n) is 8.43. The van der Waals surface area contributed by atoms with Gasteiger partial charge in [-0.05, 0) is 48.4 Å². The second-order valence-electron chi connectivity index (χ2n) is 12.1. The number of amides is 3. The molecule has 46 heavy (non-hydrogen) atoms. The predicted molar refractivity (Wildman–Crippen MR) is 180 cm³/mol. The third-order valence-corrected chi connectivity index (χ3v) is 8.43. The number of rotatable bonds is 19. The summed E-state index contributed by atoms with van der Waals surface area (Å²) in [7, 11) is 0. The first kappa shape index (κ1) is 36.4. The molecule has 0 bridgehead atoms. The topological polar surface area (TPSA) is 141 Å². The molecule has 0 aliphatic rings. The van der Waals surface area contributed by atoms with Crippen molar-refractivity contribution in [2.75, 3.05) is 0 Å². The van der Waals surface area contributed by atoms with Gasteiger partial charge in [0.15, 0.2) is 0 Å². The zero-order chi connectivity index (χ0) is 33.3. The van der Waals surface area contributed by atoms with E-state index in [0.717, 1.165) is 43.2 Å². The monoisotopic (exact) mass is 630 g/mol. The summed E-state index contributed by atoms with van der Waals surface area (Å²) in [5, 5.41) is 31.3. The standard InChI is InChI=1S/C37H50N4O5/c1-4-13-27(14-5-2)20-21-31(40-36(45)30-19-12-22-38-25-30)37(46)41-32(23-28-15-8-6-9-16-28)34(43)33(42)26(3)35(44)39-24-29-17-10-7-11-18-29/h6-12,15-19,22,25-27,31-34,42-43H,4-5,13-14,20-21,23-24H2,1-3H3,(H,39,44)(H,40,45)(H,41,46)/t26-,31?,32+,33-,34-/m1/s1. The van der Waals surface area contributed by atoms with Gasteiger partial charge < -0.3 is 26.2 Å². The molecule has 0 fully saturated rings. The summed E-state index contributed by atoms with van der Waals surface area (Å²) in [6.45, 7) is 6.11. The lowest BCUT2D eigenvalue weighted by Crippen LogP contribution is -2.57. The summed E-state index contributed by atoms with van der Waals surface area (Å²) in [6.07, 6.45) is 5.59. The number of benzene rings is 2. The van der Waals surface area contributed by atoms with Crippen molar-refractivity contribution >= 4 is 17.7 Å². The Bertz CT molecular complexity index is 1320. The largest absolute Gasteiger partial charge is 0.390 e. The molecule has 248 valence electrons. The summed E-state index contributed by atoms with van der Waals surface area (Å²) in [5.41, 5.74) is 2.08. The maximum Gasteiger partial charge on any atom is 0.253 e. The fraction of sp³-hybridized carbons (Fsp3) is 0.459.